The maximum atomic E-state index is 12.8. The number of hydrogen-bond donors (Lipinski definition) is 1. The number of benzene rings is 3. The predicted octanol–water partition coefficient (Wildman–Crippen LogP) is 6.82. The summed E-state index contributed by atoms with van der Waals surface area (Å²) in [5, 5.41) is 8.53. The average Bonchev–Trinajstić information content (AvgIpc) is 3.17. The van der Waals surface area contributed by atoms with E-state index in [1.807, 2.05) is 48.7 Å². The summed E-state index contributed by atoms with van der Waals surface area (Å²) in [5.41, 5.74) is 3.41. The molecule has 3 nitrogen and oxygen atoms in total. The van der Waals surface area contributed by atoms with Crippen LogP contribution in [0.25, 0.3) is 16.9 Å². The maximum Gasteiger partial charge on any atom is 0.416 e. The number of para-hydroxylation sites is 1. The van der Waals surface area contributed by atoms with E-state index in [0.717, 1.165) is 34.6 Å². The van der Waals surface area contributed by atoms with E-state index in [2.05, 4.69) is 5.32 Å². The summed E-state index contributed by atoms with van der Waals surface area (Å²) in [4.78, 5) is 0. The number of halogens is 4. The van der Waals surface area contributed by atoms with Crippen LogP contribution in [0.2, 0.25) is 5.02 Å². The van der Waals surface area contributed by atoms with E-state index in [1.165, 1.54) is 12.1 Å². The van der Waals surface area contributed by atoms with Gasteiger partial charge in [0.25, 0.3) is 0 Å². The van der Waals surface area contributed by atoms with Gasteiger partial charge in [-0.2, -0.15) is 18.3 Å². The molecular weight excluding hydrogens is 411 g/mol. The van der Waals surface area contributed by atoms with Crippen LogP contribution in [-0.4, -0.2) is 9.78 Å². The van der Waals surface area contributed by atoms with Gasteiger partial charge in [-0.05, 0) is 48.5 Å². The van der Waals surface area contributed by atoms with Crippen molar-refractivity contribution < 1.29 is 13.2 Å². The summed E-state index contributed by atoms with van der Waals surface area (Å²) >= 11 is 6.01. The van der Waals surface area contributed by atoms with Crippen LogP contribution in [-0.2, 0) is 12.7 Å². The van der Waals surface area contributed by atoms with Crippen LogP contribution in [0.5, 0.6) is 0 Å². The second kappa shape index (κ2) is 8.24. The first kappa shape index (κ1) is 20.0. The maximum absolute atomic E-state index is 12.8. The van der Waals surface area contributed by atoms with Gasteiger partial charge in [-0.1, -0.05) is 41.9 Å². The zero-order valence-corrected chi connectivity index (χ0v) is 16.5. The first-order valence-electron chi connectivity index (χ1n) is 9.21. The Morgan fingerprint density at radius 1 is 0.867 bits per heavy atom. The van der Waals surface area contributed by atoms with Crippen molar-refractivity contribution in [1.29, 1.82) is 0 Å². The second-order valence-electron chi connectivity index (χ2n) is 6.72. The van der Waals surface area contributed by atoms with Crippen LogP contribution >= 0.6 is 11.6 Å². The van der Waals surface area contributed by atoms with Crippen molar-refractivity contribution in [1.82, 2.24) is 9.78 Å². The molecule has 0 radical (unpaired) electrons. The van der Waals surface area contributed by atoms with E-state index in [4.69, 9.17) is 16.7 Å². The van der Waals surface area contributed by atoms with E-state index in [0.29, 0.717) is 17.3 Å². The van der Waals surface area contributed by atoms with Gasteiger partial charge in [0, 0.05) is 34.6 Å². The van der Waals surface area contributed by atoms with E-state index in [1.54, 1.807) is 16.8 Å². The fourth-order valence-electron chi connectivity index (χ4n) is 3.08. The zero-order chi connectivity index (χ0) is 21.1. The third kappa shape index (κ3) is 4.49. The number of aromatic nitrogens is 2. The molecule has 0 aliphatic rings. The van der Waals surface area contributed by atoms with Gasteiger partial charge in [0.2, 0.25) is 0 Å². The van der Waals surface area contributed by atoms with Crippen molar-refractivity contribution in [2.24, 2.45) is 0 Å². The Morgan fingerprint density at radius 3 is 2.17 bits per heavy atom. The van der Waals surface area contributed by atoms with E-state index < -0.39 is 11.7 Å². The minimum Gasteiger partial charge on any atom is -0.381 e. The number of alkyl halides is 3. The molecule has 0 saturated carbocycles. The minimum absolute atomic E-state index is 0.399. The van der Waals surface area contributed by atoms with Crippen molar-refractivity contribution in [2.75, 3.05) is 5.32 Å². The molecule has 0 amide bonds. The van der Waals surface area contributed by atoms with E-state index >= 15 is 0 Å². The lowest BCUT2D eigenvalue weighted by molar-refractivity contribution is -0.137. The van der Waals surface area contributed by atoms with Gasteiger partial charge < -0.3 is 5.32 Å². The highest BCUT2D eigenvalue weighted by molar-refractivity contribution is 6.30. The summed E-state index contributed by atoms with van der Waals surface area (Å²) in [6, 6.07) is 22.0. The van der Waals surface area contributed by atoms with Gasteiger partial charge in [-0.25, -0.2) is 4.68 Å². The monoisotopic (exact) mass is 427 g/mol. The molecule has 1 heterocycles. The number of hydrogen-bond acceptors (Lipinski definition) is 2. The van der Waals surface area contributed by atoms with Gasteiger partial charge in [-0.3, -0.25) is 0 Å². The largest absolute Gasteiger partial charge is 0.416 e. The highest BCUT2D eigenvalue weighted by Gasteiger charge is 2.29. The summed E-state index contributed by atoms with van der Waals surface area (Å²) in [5.74, 6) is 0. The SMILES string of the molecule is FC(F)(F)c1ccc(NCc2cn(-c3ccccc3)nc2-c2ccc(Cl)cc2)cc1. The van der Waals surface area contributed by atoms with Gasteiger partial charge in [0.15, 0.2) is 0 Å². The number of nitrogens with one attached hydrogen (secondary N) is 1. The third-order valence-corrected chi connectivity index (χ3v) is 4.88. The highest BCUT2D eigenvalue weighted by atomic mass is 35.5. The average molecular weight is 428 g/mol. The zero-order valence-electron chi connectivity index (χ0n) is 15.7. The Bertz CT molecular complexity index is 1120. The Balaban J connectivity index is 1.62. The molecule has 0 spiro atoms. The Labute approximate surface area is 176 Å². The first-order valence-corrected chi connectivity index (χ1v) is 9.59. The second-order valence-corrected chi connectivity index (χ2v) is 7.16. The van der Waals surface area contributed by atoms with Crippen molar-refractivity contribution in [3.63, 3.8) is 0 Å². The molecule has 152 valence electrons. The molecule has 7 heteroatoms. The highest BCUT2D eigenvalue weighted by Crippen LogP contribution is 2.30. The van der Waals surface area contributed by atoms with E-state index in [-0.39, 0.29) is 0 Å². The minimum atomic E-state index is -4.35. The molecule has 3 aromatic carbocycles. The van der Waals surface area contributed by atoms with Crippen molar-refractivity contribution in [2.45, 2.75) is 12.7 Å². The molecule has 0 atom stereocenters. The van der Waals surface area contributed by atoms with Crippen LogP contribution < -0.4 is 5.32 Å². The van der Waals surface area contributed by atoms with Crippen LogP contribution in [0.1, 0.15) is 11.1 Å². The molecule has 1 aromatic heterocycles. The molecule has 1 N–H and O–H groups in total. The summed E-state index contributed by atoms with van der Waals surface area (Å²) < 4.78 is 40.1. The quantitative estimate of drug-likeness (QED) is 0.378. The van der Waals surface area contributed by atoms with Crippen LogP contribution in [0.15, 0.2) is 85.1 Å². The fraction of sp³-hybridized carbons (Fsp3) is 0.0870. The van der Waals surface area contributed by atoms with Gasteiger partial charge >= 0.3 is 6.18 Å². The van der Waals surface area contributed by atoms with Crippen molar-refractivity contribution in [3.05, 3.63) is 101 Å². The van der Waals surface area contributed by atoms with Crippen LogP contribution in [0.4, 0.5) is 18.9 Å². The topological polar surface area (TPSA) is 29.9 Å². The number of nitrogens with zero attached hydrogens (tertiary/aromatic N) is 2. The molecule has 4 rings (SSSR count). The molecule has 0 aliphatic heterocycles. The Hall–Kier alpha value is -3.25. The smallest absolute Gasteiger partial charge is 0.381 e. The Kier molecular flexibility index (Phi) is 5.50. The molecule has 0 bridgehead atoms. The fourth-order valence-corrected chi connectivity index (χ4v) is 3.20. The summed E-state index contributed by atoms with van der Waals surface area (Å²) in [6.45, 7) is 0.399. The molecule has 0 saturated heterocycles. The molecule has 0 fully saturated rings. The van der Waals surface area contributed by atoms with Gasteiger partial charge in [-0.15, -0.1) is 0 Å². The molecule has 0 unspecified atom stereocenters. The normalized spacial score (nSPS) is 11.5. The molecular formula is C23H17ClF3N3. The van der Waals surface area contributed by atoms with Crippen molar-refractivity contribution >= 4 is 17.3 Å². The summed E-state index contributed by atoms with van der Waals surface area (Å²) in [6.07, 6.45) is -2.44. The standard InChI is InChI=1S/C23H17ClF3N3/c24-19-10-6-16(7-11-19)22-17(15-30(29-22)21-4-2-1-3-5-21)14-28-20-12-8-18(9-13-20)23(25,26)27/h1-13,15,28H,14H2. The summed E-state index contributed by atoms with van der Waals surface area (Å²) in [7, 11) is 0. The van der Waals surface area contributed by atoms with E-state index in [9.17, 15) is 13.2 Å². The molecule has 30 heavy (non-hydrogen) atoms. The van der Waals surface area contributed by atoms with Crippen LogP contribution in [0.3, 0.4) is 0 Å². The van der Waals surface area contributed by atoms with Gasteiger partial charge in [0.05, 0.1) is 16.9 Å². The molecule has 0 aliphatic carbocycles. The lowest BCUT2D eigenvalue weighted by Crippen LogP contribution is -2.05. The number of anilines is 1. The lowest BCUT2D eigenvalue weighted by Gasteiger charge is -2.09. The lowest BCUT2D eigenvalue weighted by atomic mass is 10.1. The van der Waals surface area contributed by atoms with Crippen molar-refractivity contribution in [3.8, 4) is 16.9 Å². The number of rotatable bonds is 5. The molecule has 4 aromatic rings. The van der Waals surface area contributed by atoms with Gasteiger partial charge in [0.1, 0.15) is 0 Å². The predicted molar refractivity (Wildman–Crippen MR) is 113 cm³/mol. The third-order valence-electron chi connectivity index (χ3n) is 4.62. The Morgan fingerprint density at radius 2 is 1.53 bits per heavy atom. The first-order chi connectivity index (χ1) is 14.4. The van der Waals surface area contributed by atoms with Crippen LogP contribution in [0, 0.1) is 0 Å².